The predicted octanol–water partition coefficient (Wildman–Crippen LogP) is 0.899. The zero-order chi connectivity index (χ0) is 11.6. The van der Waals surface area contributed by atoms with Gasteiger partial charge in [0.15, 0.2) is 0 Å². The highest BCUT2D eigenvalue weighted by atomic mass is 16.4. The highest BCUT2D eigenvalue weighted by Gasteiger charge is 2.30. The Bertz CT molecular complexity index is 267. The van der Waals surface area contributed by atoms with Crippen LogP contribution in [0.2, 0.25) is 0 Å². The van der Waals surface area contributed by atoms with Gasteiger partial charge in [0.25, 0.3) is 0 Å². The van der Waals surface area contributed by atoms with Gasteiger partial charge in [-0.3, -0.25) is 4.79 Å². The van der Waals surface area contributed by atoms with E-state index in [0.29, 0.717) is 12.5 Å². The van der Waals surface area contributed by atoms with Gasteiger partial charge in [-0.2, -0.15) is 0 Å². The van der Waals surface area contributed by atoms with Gasteiger partial charge in [0.05, 0.1) is 0 Å². The molecule has 2 unspecified atom stereocenters. The Balaban J connectivity index is 2.50. The number of carbonyl (C=O) groups is 2. The summed E-state index contributed by atoms with van der Waals surface area (Å²) in [5.41, 5.74) is 0. The molecule has 0 aromatic rings. The summed E-state index contributed by atoms with van der Waals surface area (Å²) in [4.78, 5) is 23.9. The van der Waals surface area contributed by atoms with Crippen molar-refractivity contribution >= 4 is 12.0 Å². The van der Waals surface area contributed by atoms with Crippen LogP contribution in [-0.4, -0.2) is 40.6 Å². The number of carbonyl (C=O) groups excluding carboxylic acids is 1. The number of urea groups is 1. The van der Waals surface area contributed by atoms with Crippen molar-refractivity contribution in [1.82, 2.24) is 10.2 Å². The minimum Gasteiger partial charge on any atom is -0.480 e. The average molecular weight is 214 g/mol. The van der Waals surface area contributed by atoms with Gasteiger partial charge < -0.3 is 15.3 Å². The molecule has 5 heteroatoms. The zero-order valence-electron chi connectivity index (χ0n) is 9.36. The number of aliphatic carboxylic acids is 1. The number of rotatable bonds is 2. The van der Waals surface area contributed by atoms with Crippen LogP contribution in [0.5, 0.6) is 0 Å². The monoisotopic (exact) mass is 214 g/mol. The fraction of sp³-hybridized carbons (Fsp3) is 0.800. The second kappa shape index (κ2) is 4.51. The van der Waals surface area contributed by atoms with E-state index < -0.39 is 12.0 Å². The molecule has 3 atom stereocenters. The van der Waals surface area contributed by atoms with Crippen LogP contribution in [-0.2, 0) is 4.79 Å². The Labute approximate surface area is 89.4 Å². The number of hydrogen-bond donors (Lipinski definition) is 2. The van der Waals surface area contributed by atoms with Gasteiger partial charge in [-0.1, -0.05) is 6.92 Å². The molecule has 0 bridgehead atoms. The lowest BCUT2D eigenvalue weighted by Crippen LogP contribution is -2.47. The Kier molecular flexibility index (Phi) is 3.55. The lowest BCUT2D eigenvalue weighted by atomic mass is 10.1. The fourth-order valence-electron chi connectivity index (χ4n) is 1.91. The SMILES string of the molecule is CC1CC(C)N(C(=O)N[C@@H](C)C(=O)O)C1. The number of hydrogen-bond acceptors (Lipinski definition) is 2. The molecule has 1 aliphatic heterocycles. The quantitative estimate of drug-likeness (QED) is 0.717. The maximum atomic E-state index is 11.7. The first-order valence-corrected chi connectivity index (χ1v) is 5.21. The average Bonchev–Trinajstić information content (AvgIpc) is 2.44. The molecule has 86 valence electrons. The summed E-state index contributed by atoms with van der Waals surface area (Å²) < 4.78 is 0. The van der Waals surface area contributed by atoms with Crippen LogP contribution in [0, 0.1) is 5.92 Å². The minimum atomic E-state index is -1.01. The van der Waals surface area contributed by atoms with E-state index in [-0.39, 0.29) is 12.1 Å². The van der Waals surface area contributed by atoms with Crippen LogP contribution in [0.4, 0.5) is 4.79 Å². The van der Waals surface area contributed by atoms with Crippen LogP contribution in [0.3, 0.4) is 0 Å². The summed E-state index contributed by atoms with van der Waals surface area (Å²) in [7, 11) is 0. The van der Waals surface area contributed by atoms with Crippen molar-refractivity contribution in [2.24, 2.45) is 5.92 Å². The molecule has 0 aromatic carbocycles. The summed E-state index contributed by atoms with van der Waals surface area (Å²) in [6.45, 7) is 6.24. The third kappa shape index (κ3) is 2.84. The highest BCUT2D eigenvalue weighted by molar-refractivity contribution is 5.82. The van der Waals surface area contributed by atoms with E-state index >= 15 is 0 Å². The summed E-state index contributed by atoms with van der Waals surface area (Å²) in [5, 5.41) is 11.1. The zero-order valence-corrected chi connectivity index (χ0v) is 9.36. The normalized spacial score (nSPS) is 27.5. The Hall–Kier alpha value is -1.26. The summed E-state index contributed by atoms with van der Waals surface area (Å²) in [6, 6.07) is -0.914. The molecule has 0 aromatic heterocycles. The van der Waals surface area contributed by atoms with Crippen LogP contribution in [0.1, 0.15) is 27.2 Å². The Morgan fingerprint density at radius 1 is 1.47 bits per heavy atom. The molecule has 0 radical (unpaired) electrons. The number of amides is 2. The van der Waals surface area contributed by atoms with E-state index in [4.69, 9.17) is 5.11 Å². The second-order valence-electron chi connectivity index (χ2n) is 4.35. The van der Waals surface area contributed by atoms with Gasteiger partial charge in [-0.15, -0.1) is 0 Å². The molecular formula is C10H18N2O3. The van der Waals surface area contributed by atoms with Crippen LogP contribution in [0.25, 0.3) is 0 Å². The molecule has 1 rings (SSSR count). The van der Waals surface area contributed by atoms with Gasteiger partial charge in [0.1, 0.15) is 6.04 Å². The van der Waals surface area contributed by atoms with Crippen LogP contribution < -0.4 is 5.32 Å². The molecule has 15 heavy (non-hydrogen) atoms. The molecule has 1 saturated heterocycles. The predicted molar refractivity (Wildman–Crippen MR) is 55.6 cm³/mol. The second-order valence-corrected chi connectivity index (χ2v) is 4.35. The molecule has 1 heterocycles. The number of nitrogens with one attached hydrogen (secondary N) is 1. The van der Waals surface area contributed by atoms with E-state index in [2.05, 4.69) is 12.2 Å². The lowest BCUT2D eigenvalue weighted by molar-refractivity contribution is -0.138. The topological polar surface area (TPSA) is 69.6 Å². The van der Waals surface area contributed by atoms with E-state index in [1.165, 1.54) is 6.92 Å². The molecule has 5 nitrogen and oxygen atoms in total. The number of carboxylic acids is 1. The van der Waals surface area contributed by atoms with Crippen molar-refractivity contribution in [3.05, 3.63) is 0 Å². The first-order valence-electron chi connectivity index (χ1n) is 5.21. The molecule has 0 spiro atoms. The molecule has 1 aliphatic rings. The maximum absolute atomic E-state index is 11.7. The molecule has 0 aliphatic carbocycles. The third-order valence-corrected chi connectivity index (χ3v) is 2.76. The van der Waals surface area contributed by atoms with Gasteiger partial charge in [-0.05, 0) is 26.2 Å². The van der Waals surface area contributed by atoms with Gasteiger partial charge >= 0.3 is 12.0 Å². The summed E-state index contributed by atoms with van der Waals surface area (Å²) in [5.74, 6) is -0.519. The van der Waals surface area contributed by atoms with Crippen molar-refractivity contribution in [3.63, 3.8) is 0 Å². The smallest absolute Gasteiger partial charge is 0.325 e. The minimum absolute atomic E-state index is 0.195. The molecule has 2 amide bonds. The molecule has 1 fully saturated rings. The van der Waals surface area contributed by atoms with Crippen molar-refractivity contribution in [2.45, 2.75) is 39.3 Å². The number of nitrogens with zero attached hydrogens (tertiary/aromatic N) is 1. The molecule has 2 N–H and O–H groups in total. The maximum Gasteiger partial charge on any atom is 0.325 e. The Morgan fingerprint density at radius 3 is 2.47 bits per heavy atom. The summed E-state index contributed by atoms with van der Waals surface area (Å²) >= 11 is 0. The Morgan fingerprint density at radius 2 is 2.07 bits per heavy atom. The van der Waals surface area contributed by atoms with E-state index in [9.17, 15) is 9.59 Å². The van der Waals surface area contributed by atoms with E-state index in [0.717, 1.165) is 6.42 Å². The standard InChI is InChI=1S/C10H18N2O3/c1-6-4-7(2)12(5-6)10(15)11-8(3)9(13)14/h6-8H,4-5H2,1-3H3,(H,11,15)(H,13,14)/t6?,7?,8-/m0/s1. The first-order chi connectivity index (χ1) is 6.91. The summed E-state index contributed by atoms with van der Waals surface area (Å²) in [6.07, 6.45) is 0.981. The van der Waals surface area contributed by atoms with Crippen molar-refractivity contribution < 1.29 is 14.7 Å². The first kappa shape index (κ1) is 11.8. The fourth-order valence-corrected chi connectivity index (χ4v) is 1.91. The van der Waals surface area contributed by atoms with Gasteiger partial charge in [-0.25, -0.2) is 4.79 Å². The van der Waals surface area contributed by atoms with E-state index in [1.807, 2.05) is 6.92 Å². The highest BCUT2D eigenvalue weighted by Crippen LogP contribution is 2.21. The molecular weight excluding hydrogens is 196 g/mol. The van der Waals surface area contributed by atoms with Crippen LogP contribution in [0.15, 0.2) is 0 Å². The largest absolute Gasteiger partial charge is 0.480 e. The van der Waals surface area contributed by atoms with Crippen molar-refractivity contribution in [1.29, 1.82) is 0 Å². The van der Waals surface area contributed by atoms with E-state index in [1.54, 1.807) is 4.90 Å². The van der Waals surface area contributed by atoms with Gasteiger partial charge in [0, 0.05) is 12.6 Å². The lowest BCUT2D eigenvalue weighted by Gasteiger charge is -2.23. The van der Waals surface area contributed by atoms with Crippen molar-refractivity contribution in [3.8, 4) is 0 Å². The number of likely N-dealkylation sites (tertiary alicyclic amines) is 1. The van der Waals surface area contributed by atoms with Gasteiger partial charge in [0.2, 0.25) is 0 Å². The van der Waals surface area contributed by atoms with Crippen LogP contribution >= 0.6 is 0 Å². The van der Waals surface area contributed by atoms with Crippen molar-refractivity contribution in [2.75, 3.05) is 6.54 Å². The number of carboxylic acid groups (broad SMARTS) is 1. The molecule has 0 saturated carbocycles. The third-order valence-electron chi connectivity index (χ3n) is 2.76.